The summed E-state index contributed by atoms with van der Waals surface area (Å²) in [6.07, 6.45) is 3.24. The molecule has 4 aromatic rings. The predicted octanol–water partition coefficient (Wildman–Crippen LogP) is 4.61. The van der Waals surface area contributed by atoms with Gasteiger partial charge < -0.3 is 10.1 Å². The van der Waals surface area contributed by atoms with E-state index in [-0.39, 0.29) is 5.69 Å². The fourth-order valence-corrected chi connectivity index (χ4v) is 3.48. The first-order chi connectivity index (χ1) is 15.0. The molecule has 7 nitrogen and oxygen atoms in total. The van der Waals surface area contributed by atoms with Crippen LogP contribution in [0.1, 0.15) is 15.9 Å². The molecule has 0 aliphatic heterocycles. The molecule has 3 aromatic carbocycles. The molecule has 1 heterocycles. The first kappa shape index (κ1) is 19.9. The Morgan fingerprint density at radius 3 is 2.55 bits per heavy atom. The number of anilines is 1. The molecule has 31 heavy (non-hydrogen) atoms. The summed E-state index contributed by atoms with van der Waals surface area (Å²) in [6, 6.07) is 20.0. The number of rotatable bonds is 6. The van der Waals surface area contributed by atoms with E-state index in [0.717, 1.165) is 23.0 Å². The molecule has 0 aliphatic carbocycles. The lowest BCUT2D eigenvalue weighted by Crippen LogP contribution is -2.15. The quantitative estimate of drug-likeness (QED) is 0.402. The first-order valence-electron chi connectivity index (χ1n) is 9.59. The number of aldehydes is 1. The highest BCUT2D eigenvalue weighted by molar-refractivity contribution is 5.91. The maximum Gasteiger partial charge on any atom is 0.409 e. The van der Waals surface area contributed by atoms with Gasteiger partial charge in [-0.25, -0.2) is 9.59 Å². The number of nitrogens with one attached hydrogen (secondary N) is 2. The van der Waals surface area contributed by atoms with Gasteiger partial charge in [0.2, 0.25) is 0 Å². The number of aromatic amines is 1. The van der Waals surface area contributed by atoms with Crippen LogP contribution < -0.4 is 11.0 Å². The zero-order valence-corrected chi connectivity index (χ0v) is 16.4. The van der Waals surface area contributed by atoms with Gasteiger partial charge in [0, 0.05) is 17.7 Å². The van der Waals surface area contributed by atoms with Gasteiger partial charge in [-0.05, 0) is 35.4 Å². The largest absolute Gasteiger partial charge is 0.465 e. The van der Waals surface area contributed by atoms with E-state index in [2.05, 4.69) is 10.3 Å². The van der Waals surface area contributed by atoms with Crippen molar-refractivity contribution in [3.63, 3.8) is 0 Å². The van der Waals surface area contributed by atoms with E-state index in [1.165, 1.54) is 0 Å². The molecule has 0 radical (unpaired) electrons. The molecule has 1 amide bonds. The second-order valence-electron chi connectivity index (χ2n) is 6.94. The highest BCUT2D eigenvalue weighted by Crippen LogP contribution is 2.29. The van der Waals surface area contributed by atoms with Crippen molar-refractivity contribution in [2.75, 3.05) is 5.32 Å². The lowest BCUT2D eigenvalue weighted by Gasteiger charge is -2.10. The summed E-state index contributed by atoms with van der Waals surface area (Å²) in [5.74, 6) is 0. The van der Waals surface area contributed by atoms with Crippen LogP contribution in [0, 0.1) is 0 Å². The van der Waals surface area contributed by atoms with Gasteiger partial charge in [0.15, 0.2) is 0 Å². The average molecular weight is 413 g/mol. The Morgan fingerprint density at radius 1 is 1.03 bits per heavy atom. The molecular weight excluding hydrogens is 394 g/mol. The third-order valence-corrected chi connectivity index (χ3v) is 4.90. The standard InChI is InChI=1S/C24H19N3O4/c28-15-17-9-11-22-21(14-17)25-23(29)27(22)12-4-5-16-8-10-19(18-6-2-1-3-7-18)20(13-16)26-24(30)31/h1-11,13-15,26H,12H2,(H,25,29)(H,30,31)/b5-4+. The number of aromatic nitrogens is 2. The fourth-order valence-electron chi connectivity index (χ4n) is 3.48. The SMILES string of the molecule is O=Cc1ccc2c(c1)[nH]c(=O)n2C/C=C/c1ccc(-c2ccccc2)c(NC(=O)O)c1. The average Bonchev–Trinajstić information content (AvgIpc) is 3.08. The molecule has 3 N–H and O–H groups in total. The van der Waals surface area contributed by atoms with E-state index >= 15 is 0 Å². The normalized spacial score (nSPS) is 11.1. The van der Waals surface area contributed by atoms with Gasteiger partial charge in [-0.2, -0.15) is 0 Å². The lowest BCUT2D eigenvalue weighted by atomic mass is 10.0. The van der Waals surface area contributed by atoms with Crippen LogP contribution in [-0.2, 0) is 6.54 Å². The predicted molar refractivity (Wildman–Crippen MR) is 121 cm³/mol. The van der Waals surface area contributed by atoms with E-state index in [1.807, 2.05) is 54.6 Å². The zero-order valence-electron chi connectivity index (χ0n) is 16.4. The number of carbonyl (C=O) groups excluding carboxylic acids is 1. The molecule has 0 atom stereocenters. The van der Waals surface area contributed by atoms with Gasteiger partial charge in [-0.15, -0.1) is 0 Å². The van der Waals surface area contributed by atoms with Crippen molar-refractivity contribution in [3.05, 3.63) is 94.4 Å². The van der Waals surface area contributed by atoms with Crippen LogP contribution in [0.5, 0.6) is 0 Å². The number of hydrogen-bond donors (Lipinski definition) is 3. The lowest BCUT2D eigenvalue weighted by molar-refractivity contribution is 0.112. The Hall–Kier alpha value is -4.39. The van der Waals surface area contributed by atoms with E-state index in [4.69, 9.17) is 0 Å². The number of fused-ring (bicyclic) bond motifs is 1. The van der Waals surface area contributed by atoms with E-state index in [0.29, 0.717) is 28.8 Å². The summed E-state index contributed by atoms with van der Waals surface area (Å²) in [7, 11) is 0. The minimum Gasteiger partial charge on any atom is -0.465 e. The van der Waals surface area contributed by atoms with Crippen LogP contribution in [0.25, 0.3) is 28.2 Å². The van der Waals surface area contributed by atoms with Gasteiger partial charge in [-0.1, -0.05) is 54.6 Å². The summed E-state index contributed by atoms with van der Waals surface area (Å²) in [6.45, 7) is 0.321. The van der Waals surface area contributed by atoms with Gasteiger partial charge in [0.05, 0.1) is 16.7 Å². The van der Waals surface area contributed by atoms with E-state index in [1.54, 1.807) is 28.8 Å². The summed E-state index contributed by atoms with van der Waals surface area (Å²) in [5, 5.41) is 11.7. The minimum absolute atomic E-state index is 0.268. The van der Waals surface area contributed by atoms with Crippen molar-refractivity contribution in [3.8, 4) is 11.1 Å². The van der Waals surface area contributed by atoms with Crippen LogP contribution in [0.3, 0.4) is 0 Å². The molecule has 0 saturated carbocycles. The summed E-state index contributed by atoms with van der Waals surface area (Å²) < 4.78 is 1.56. The van der Waals surface area contributed by atoms with Crippen molar-refractivity contribution in [1.29, 1.82) is 0 Å². The number of amides is 1. The summed E-state index contributed by atoms with van der Waals surface area (Å²) in [5.41, 5.74) is 4.48. The molecule has 0 spiro atoms. The third kappa shape index (κ3) is 4.30. The molecule has 4 rings (SSSR count). The Kier molecular flexibility index (Phi) is 5.49. The highest BCUT2D eigenvalue weighted by Gasteiger charge is 2.09. The van der Waals surface area contributed by atoms with Gasteiger partial charge in [0.1, 0.15) is 6.29 Å². The van der Waals surface area contributed by atoms with E-state index < -0.39 is 6.09 Å². The Balaban J connectivity index is 1.61. The van der Waals surface area contributed by atoms with Crippen LogP contribution in [0.15, 0.2) is 77.6 Å². The Labute approximate surface area is 177 Å². The molecule has 1 aromatic heterocycles. The molecule has 7 heteroatoms. The maximum atomic E-state index is 12.3. The fraction of sp³-hybridized carbons (Fsp3) is 0.0417. The van der Waals surface area contributed by atoms with Crippen LogP contribution in [-0.4, -0.2) is 27.0 Å². The second kappa shape index (κ2) is 8.54. The first-order valence-corrected chi connectivity index (χ1v) is 9.59. The number of carbonyl (C=O) groups is 2. The van der Waals surface area contributed by atoms with Gasteiger partial charge in [-0.3, -0.25) is 14.7 Å². The second-order valence-corrected chi connectivity index (χ2v) is 6.94. The van der Waals surface area contributed by atoms with Gasteiger partial charge in [0.25, 0.3) is 0 Å². The van der Waals surface area contributed by atoms with Gasteiger partial charge >= 0.3 is 11.8 Å². The molecule has 0 aliphatic rings. The Morgan fingerprint density at radius 2 is 1.81 bits per heavy atom. The number of hydrogen-bond acceptors (Lipinski definition) is 3. The molecule has 0 fully saturated rings. The van der Waals surface area contributed by atoms with Crippen molar-refractivity contribution in [2.45, 2.75) is 6.54 Å². The number of nitrogens with zero attached hydrogens (tertiary/aromatic N) is 1. The zero-order chi connectivity index (χ0) is 21.8. The maximum absolute atomic E-state index is 12.3. The van der Waals surface area contributed by atoms with E-state index in [9.17, 15) is 19.5 Å². The molecule has 154 valence electrons. The van der Waals surface area contributed by atoms with Crippen molar-refractivity contribution < 1.29 is 14.7 Å². The van der Waals surface area contributed by atoms with Crippen LogP contribution >= 0.6 is 0 Å². The summed E-state index contributed by atoms with van der Waals surface area (Å²) in [4.78, 5) is 37.2. The summed E-state index contributed by atoms with van der Waals surface area (Å²) >= 11 is 0. The molecule has 0 bridgehead atoms. The Bertz CT molecular complexity index is 1350. The van der Waals surface area contributed by atoms with Crippen molar-refractivity contribution >= 4 is 35.2 Å². The third-order valence-electron chi connectivity index (χ3n) is 4.90. The van der Waals surface area contributed by atoms with Crippen LogP contribution in [0.4, 0.5) is 10.5 Å². The number of imidazole rings is 1. The number of allylic oxidation sites excluding steroid dienone is 1. The highest BCUT2D eigenvalue weighted by atomic mass is 16.4. The van der Waals surface area contributed by atoms with Crippen LogP contribution in [0.2, 0.25) is 0 Å². The minimum atomic E-state index is -1.14. The van der Waals surface area contributed by atoms with Crippen molar-refractivity contribution in [1.82, 2.24) is 9.55 Å². The number of carboxylic acid groups (broad SMARTS) is 1. The molecule has 0 unspecified atom stereocenters. The monoisotopic (exact) mass is 413 g/mol. The number of benzene rings is 3. The molecular formula is C24H19N3O4. The molecule has 0 saturated heterocycles. The topological polar surface area (TPSA) is 104 Å². The smallest absolute Gasteiger partial charge is 0.409 e. The van der Waals surface area contributed by atoms with Crippen molar-refractivity contribution in [2.24, 2.45) is 0 Å². The number of H-pyrrole nitrogens is 1.